The Morgan fingerprint density at radius 2 is 1.92 bits per heavy atom. The van der Waals surface area contributed by atoms with Gasteiger partial charge in [-0.3, -0.25) is 14.9 Å². The lowest BCUT2D eigenvalue weighted by Crippen LogP contribution is -2.40. The van der Waals surface area contributed by atoms with Crippen LogP contribution in [0.4, 0.5) is 4.79 Å². The molecule has 2 aliphatic carbocycles. The summed E-state index contributed by atoms with van der Waals surface area (Å²) >= 11 is 0. The third kappa shape index (κ3) is 5.21. The number of rotatable bonds is 10. The molecule has 1 saturated heterocycles. The molecule has 2 aromatic rings. The van der Waals surface area contributed by atoms with Crippen LogP contribution in [0.2, 0.25) is 0 Å². The molecule has 5 rings (SSSR count). The molecule has 1 aliphatic heterocycles. The molecule has 2 aromatic carbocycles. The van der Waals surface area contributed by atoms with Gasteiger partial charge in [0.25, 0.3) is 5.91 Å². The molecule has 8 nitrogen and oxygen atoms in total. The van der Waals surface area contributed by atoms with Crippen LogP contribution in [0.15, 0.2) is 48.5 Å². The molecule has 8 heteroatoms. The van der Waals surface area contributed by atoms with E-state index in [2.05, 4.69) is 12.2 Å². The number of ether oxygens (including phenoxy) is 2. The number of hydrogen-bond donors (Lipinski definition) is 1. The molecular formula is C29H35N3O5. The van der Waals surface area contributed by atoms with Crippen molar-refractivity contribution in [2.45, 2.75) is 56.7 Å². The summed E-state index contributed by atoms with van der Waals surface area (Å²) in [6.45, 7) is 3.95. The Morgan fingerprint density at radius 3 is 2.57 bits per heavy atom. The molecule has 196 valence electrons. The monoisotopic (exact) mass is 505 g/mol. The van der Waals surface area contributed by atoms with E-state index in [9.17, 15) is 14.4 Å². The van der Waals surface area contributed by atoms with Crippen LogP contribution in [-0.4, -0.2) is 61.0 Å². The van der Waals surface area contributed by atoms with E-state index >= 15 is 0 Å². The average Bonchev–Trinajstić information content (AvgIpc) is 3.62. The lowest BCUT2D eigenvalue weighted by Gasteiger charge is -2.31. The Morgan fingerprint density at radius 1 is 1.16 bits per heavy atom. The molecule has 3 unspecified atom stereocenters. The van der Waals surface area contributed by atoms with Gasteiger partial charge in [-0.2, -0.15) is 0 Å². The Kier molecular flexibility index (Phi) is 6.94. The fourth-order valence-corrected chi connectivity index (χ4v) is 5.57. The van der Waals surface area contributed by atoms with Crippen LogP contribution in [0.1, 0.15) is 55.2 Å². The van der Waals surface area contributed by atoms with E-state index in [1.807, 2.05) is 60.3 Å². The van der Waals surface area contributed by atoms with Crippen LogP contribution in [-0.2, 0) is 26.5 Å². The first-order chi connectivity index (χ1) is 17.8. The Bertz CT molecular complexity index is 1180. The zero-order valence-electron chi connectivity index (χ0n) is 21.7. The van der Waals surface area contributed by atoms with Crippen LogP contribution in [0.5, 0.6) is 5.75 Å². The maximum absolute atomic E-state index is 13.8. The number of hydrogen-bond acceptors (Lipinski definition) is 6. The number of nitrogens with one attached hydrogen (secondary N) is 1. The van der Waals surface area contributed by atoms with Gasteiger partial charge in [-0.05, 0) is 69.0 Å². The number of fused-ring (bicyclic) bond motifs is 2. The smallest absolute Gasteiger partial charge is 0.415 e. The van der Waals surface area contributed by atoms with E-state index in [0.29, 0.717) is 30.4 Å². The number of carbonyl (C=O) groups excluding carboxylic acids is 3. The molecule has 1 N–H and O–H groups in total. The summed E-state index contributed by atoms with van der Waals surface area (Å²) in [4.78, 5) is 42.8. The highest BCUT2D eigenvalue weighted by molar-refractivity contribution is 6.04. The molecule has 37 heavy (non-hydrogen) atoms. The first-order valence-corrected chi connectivity index (χ1v) is 13.1. The second kappa shape index (κ2) is 10.2. The first kappa shape index (κ1) is 25.3. The number of nitrogens with zero attached hydrogens (tertiary/aromatic N) is 2. The molecule has 1 saturated carbocycles. The van der Waals surface area contributed by atoms with E-state index in [1.54, 1.807) is 12.1 Å². The SMILES string of the molecule is CC(C1CC1)N(Cc1ccccc1)C(=O)CC1CC2(OC(=O)NC2=O)c2ccc(OCCN(C)C)cc21. The molecule has 1 spiro atoms. The minimum Gasteiger partial charge on any atom is -0.492 e. The van der Waals surface area contributed by atoms with Gasteiger partial charge in [-0.25, -0.2) is 4.79 Å². The van der Waals surface area contributed by atoms with E-state index < -0.39 is 17.6 Å². The van der Waals surface area contributed by atoms with Crippen LogP contribution >= 0.6 is 0 Å². The van der Waals surface area contributed by atoms with E-state index in [4.69, 9.17) is 9.47 Å². The summed E-state index contributed by atoms with van der Waals surface area (Å²) in [5.41, 5.74) is 1.16. The van der Waals surface area contributed by atoms with Gasteiger partial charge in [0.05, 0.1) is 0 Å². The number of benzene rings is 2. The van der Waals surface area contributed by atoms with Crippen LogP contribution < -0.4 is 10.1 Å². The predicted molar refractivity (Wildman–Crippen MR) is 138 cm³/mol. The zero-order valence-corrected chi connectivity index (χ0v) is 21.7. The molecule has 0 aromatic heterocycles. The van der Waals surface area contributed by atoms with Crippen molar-refractivity contribution in [2.75, 3.05) is 27.2 Å². The normalized spacial score (nSPS) is 23.1. The van der Waals surface area contributed by atoms with Gasteiger partial charge in [0.1, 0.15) is 12.4 Å². The molecule has 3 atom stereocenters. The van der Waals surface area contributed by atoms with Gasteiger partial charge in [0.15, 0.2) is 0 Å². The summed E-state index contributed by atoms with van der Waals surface area (Å²) in [7, 11) is 3.96. The number of alkyl carbamates (subject to hydrolysis) is 1. The maximum atomic E-state index is 13.8. The van der Waals surface area contributed by atoms with Gasteiger partial charge in [-0.15, -0.1) is 0 Å². The van der Waals surface area contributed by atoms with Crippen LogP contribution in [0.25, 0.3) is 0 Å². The van der Waals surface area contributed by atoms with E-state index in [-0.39, 0.29) is 30.7 Å². The first-order valence-electron chi connectivity index (χ1n) is 13.1. The maximum Gasteiger partial charge on any atom is 0.415 e. The highest BCUT2D eigenvalue weighted by Gasteiger charge is 2.57. The van der Waals surface area contributed by atoms with Crippen molar-refractivity contribution >= 4 is 17.9 Å². The Labute approximate surface area is 217 Å². The van der Waals surface area contributed by atoms with E-state index in [0.717, 1.165) is 30.5 Å². The summed E-state index contributed by atoms with van der Waals surface area (Å²) in [6, 6.07) is 15.7. The second-order valence-corrected chi connectivity index (χ2v) is 10.8. The lowest BCUT2D eigenvalue weighted by molar-refractivity contribution is -0.136. The Hall–Kier alpha value is -3.39. The third-order valence-electron chi connectivity index (χ3n) is 7.82. The summed E-state index contributed by atoms with van der Waals surface area (Å²) in [5.74, 6) is 0.490. The molecular weight excluding hydrogens is 470 g/mol. The van der Waals surface area contributed by atoms with Crippen molar-refractivity contribution in [2.24, 2.45) is 5.92 Å². The van der Waals surface area contributed by atoms with Crippen molar-refractivity contribution in [3.63, 3.8) is 0 Å². The summed E-state index contributed by atoms with van der Waals surface area (Å²) in [5, 5.41) is 2.29. The lowest BCUT2D eigenvalue weighted by atomic mass is 9.93. The molecule has 3 aliphatic rings. The fraction of sp³-hybridized carbons (Fsp3) is 0.483. The number of imide groups is 1. The number of amides is 3. The minimum absolute atomic E-state index is 0.0416. The molecule has 0 bridgehead atoms. The van der Waals surface area contributed by atoms with Gasteiger partial charge in [0, 0.05) is 37.5 Å². The predicted octanol–water partition coefficient (Wildman–Crippen LogP) is 3.79. The van der Waals surface area contributed by atoms with Crippen molar-refractivity contribution < 1.29 is 23.9 Å². The van der Waals surface area contributed by atoms with Crippen LogP contribution in [0, 0.1) is 5.92 Å². The van der Waals surface area contributed by atoms with Gasteiger partial charge in [0.2, 0.25) is 11.5 Å². The number of carbonyl (C=O) groups is 3. The number of likely N-dealkylation sites (N-methyl/N-ethyl adjacent to an activating group) is 1. The van der Waals surface area contributed by atoms with Crippen molar-refractivity contribution in [1.29, 1.82) is 0 Å². The molecule has 2 fully saturated rings. The van der Waals surface area contributed by atoms with Crippen molar-refractivity contribution in [3.8, 4) is 5.75 Å². The topological polar surface area (TPSA) is 88.2 Å². The van der Waals surface area contributed by atoms with Gasteiger partial charge in [-0.1, -0.05) is 36.4 Å². The minimum atomic E-state index is -1.40. The summed E-state index contributed by atoms with van der Waals surface area (Å²) in [6.07, 6.45) is 1.99. The van der Waals surface area contributed by atoms with Gasteiger partial charge >= 0.3 is 6.09 Å². The third-order valence-corrected chi connectivity index (χ3v) is 7.82. The standard InChI is InChI=1S/C29H35N3O5/c1-19(21-9-10-21)32(18-20-7-5-4-6-8-20)26(33)15-22-17-29(27(34)30-28(35)37-29)25-12-11-23(16-24(22)25)36-14-13-31(2)3/h4-8,11-12,16,19,21-22H,9-10,13-15,17-18H2,1-3H3,(H,30,34,35). The molecule has 3 amide bonds. The zero-order chi connectivity index (χ0) is 26.2. The van der Waals surface area contributed by atoms with Crippen molar-refractivity contribution in [3.05, 3.63) is 65.2 Å². The van der Waals surface area contributed by atoms with E-state index in [1.165, 1.54) is 0 Å². The largest absolute Gasteiger partial charge is 0.492 e. The average molecular weight is 506 g/mol. The van der Waals surface area contributed by atoms with Gasteiger partial charge < -0.3 is 19.3 Å². The molecule has 0 radical (unpaired) electrons. The summed E-state index contributed by atoms with van der Waals surface area (Å²) < 4.78 is 11.5. The molecule has 1 heterocycles. The quantitative estimate of drug-likeness (QED) is 0.529. The van der Waals surface area contributed by atoms with Crippen LogP contribution in [0.3, 0.4) is 0 Å². The Balaban J connectivity index is 1.41. The second-order valence-electron chi connectivity index (χ2n) is 10.8. The van der Waals surface area contributed by atoms with Crippen molar-refractivity contribution in [1.82, 2.24) is 15.1 Å². The highest BCUT2D eigenvalue weighted by Crippen LogP contribution is 2.51. The fourth-order valence-electron chi connectivity index (χ4n) is 5.57. The highest BCUT2D eigenvalue weighted by atomic mass is 16.6.